The van der Waals surface area contributed by atoms with Crippen LogP contribution >= 0.6 is 0 Å². The van der Waals surface area contributed by atoms with Crippen LogP contribution < -0.4 is 65.9 Å². The standard InChI is InChI=1S/C56H85N17O11.C2H4O2/c1-6-32(4)45(57)52(81)66-33(5)46(75)67-38(15-10-22-63-55(58)59)47(76)68-39(16-11-23-64-56(60)61)48(77)71-42(28-36-29-62-30-65-36)53(82)73-24-12-17-44(73)51(80)70-41(27-35-18-20-37(74)21-19-35)49(78)69-40(26-34-13-8-7-9-14-34)50(79)72-43(54(83)84)25-31(2)3;1-2(3)4/h7-9,13-14,18-21,29-33,38-45,74H,6,10-12,15-17,22-28,57H2,1-5H3,(H,62,65)(H,66,81)(H,67,75)(H,68,76)(H,69,78)(H,70,80)(H,71,77)(H,72,79)(H,83,84)(H4,58,59,63)(H4,60,61,64);1H3,(H,3,4). The zero-order chi connectivity index (χ0) is 65.6. The number of rotatable bonds is 34. The number of hydrogen-bond donors (Lipinski definition) is 16. The second-order valence-corrected chi connectivity index (χ2v) is 21.9. The number of carbonyl (C=O) groups excluding carboxylic acids is 8. The van der Waals surface area contributed by atoms with Crippen LogP contribution in [-0.4, -0.2) is 175 Å². The fraction of sp³-hybridized carbons (Fsp3) is 0.534. The zero-order valence-corrected chi connectivity index (χ0v) is 50.7. The number of amides is 8. The molecule has 21 N–H and O–H groups in total. The third-order valence-corrected chi connectivity index (χ3v) is 14.1. The summed E-state index contributed by atoms with van der Waals surface area (Å²) >= 11 is 0. The average Bonchev–Trinajstić information content (AvgIpc) is 2.33. The van der Waals surface area contributed by atoms with Gasteiger partial charge in [0.15, 0.2) is 11.9 Å². The maximum absolute atomic E-state index is 15.0. The molecule has 1 saturated heterocycles. The zero-order valence-electron chi connectivity index (χ0n) is 50.7. The normalized spacial score (nSPS) is 15.7. The molecule has 1 aliphatic rings. The van der Waals surface area contributed by atoms with E-state index in [2.05, 4.69) is 57.2 Å². The number of H-pyrrole nitrogens is 1. The quantitative estimate of drug-likeness (QED) is 0.0179. The van der Waals surface area contributed by atoms with E-state index in [1.54, 1.807) is 63.2 Å². The Morgan fingerprint density at radius 2 is 1.14 bits per heavy atom. The monoisotopic (exact) mass is 1230 g/mol. The van der Waals surface area contributed by atoms with Crippen molar-refractivity contribution in [2.24, 2.45) is 50.5 Å². The van der Waals surface area contributed by atoms with Crippen molar-refractivity contribution in [3.8, 4) is 5.75 Å². The van der Waals surface area contributed by atoms with Gasteiger partial charge in [-0.2, -0.15) is 0 Å². The molecule has 0 spiro atoms. The van der Waals surface area contributed by atoms with E-state index < -0.39 is 114 Å². The maximum atomic E-state index is 15.0. The number of nitrogens with two attached hydrogens (primary N) is 5. The van der Waals surface area contributed by atoms with Gasteiger partial charge in [-0.15, -0.1) is 0 Å². The van der Waals surface area contributed by atoms with Crippen LogP contribution in [0.1, 0.15) is 110 Å². The van der Waals surface area contributed by atoms with Crippen LogP contribution in [0.2, 0.25) is 0 Å². The van der Waals surface area contributed by atoms with E-state index in [0.29, 0.717) is 29.7 Å². The molecule has 0 aliphatic carbocycles. The van der Waals surface area contributed by atoms with Gasteiger partial charge < -0.3 is 91.1 Å². The van der Waals surface area contributed by atoms with E-state index in [9.17, 15) is 53.4 Å². The Morgan fingerprint density at radius 1 is 0.648 bits per heavy atom. The van der Waals surface area contributed by atoms with Crippen molar-refractivity contribution < 1.29 is 63.3 Å². The van der Waals surface area contributed by atoms with Gasteiger partial charge in [0.05, 0.1) is 12.4 Å². The number of likely N-dealkylation sites (tertiary alicyclic amines) is 1. The van der Waals surface area contributed by atoms with Crippen molar-refractivity contribution in [2.75, 3.05) is 19.6 Å². The molecule has 0 radical (unpaired) electrons. The SMILES string of the molecule is CC(=O)O.CCC(C)C(N)C(=O)NC(C)C(=O)NC(CCCN=C(N)N)C(=O)NC(CCCN=C(N)N)C(=O)NC(Cc1cnc[nH]1)C(=O)N1CCCC1C(=O)NC(Cc1ccc(O)cc1)C(=O)NC(Cc1ccccc1)C(=O)NC(CC(C)C)C(=O)O. The third-order valence-electron chi connectivity index (χ3n) is 14.1. The van der Waals surface area contributed by atoms with Gasteiger partial charge in [-0.05, 0) is 87.0 Å². The molecular formula is C58H89N17O13. The van der Waals surface area contributed by atoms with Gasteiger partial charge in [-0.1, -0.05) is 76.6 Å². The first-order valence-electron chi connectivity index (χ1n) is 29.1. The average molecular weight is 1230 g/mol. The van der Waals surface area contributed by atoms with E-state index in [0.717, 1.165) is 6.92 Å². The van der Waals surface area contributed by atoms with Crippen LogP contribution in [0, 0.1) is 11.8 Å². The van der Waals surface area contributed by atoms with Gasteiger partial charge in [0.2, 0.25) is 47.3 Å². The lowest BCUT2D eigenvalue weighted by Crippen LogP contribution is -2.60. The van der Waals surface area contributed by atoms with Crippen LogP contribution in [0.5, 0.6) is 5.75 Å². The number of carboxylic acids is 2. The number of nitrogens with one attached hydrogen (secondary N) is 8. The van der Waals surface area contributed by atoms with Crippen LogP contribution in [0.25, 0.3) is 0 Å². The van der Waals surface area contributed by atoms with Crippen molar-refractivity contribution in [1.82, 2.24) is 52.1 Å². The summed E-state index contributed by atoms with van der Waals surface area (Å²) in [6, 6.07) is 3.31. The summed E-state index contributed by atoms with van der Waals surface area (Å²) in [7, 11) is 0. The summed E-state index contributed by atoms with van der Waals surface area (Å²) in [4.78, 5) is 151. The summed E-state index contributed by atoms with van der Waals surface area (Å²) in [6.07, 6.45) is 3.83. The number of aliphatic carboxylic acids is 2. The first-order chi connectivity index (χ1) is 41.6. The molecule has 0 bridgehead atoms. The highest BCUT2D eigenvalue weighted by Gasteiger charge is 2.41. The summed E-state index contributed by atoms with van der Waals surface area (Å²) in [5.74, 6) is -8.87. The van der Waals surface area contributed by atoms with Gasteiger partial charge in [-0.25, -0.2) is 9.78 Å². The van der Waals surface area contributed by atoms with Crippen molar-refractivity contribution >= 4 is 71.1 Å². The smallest absolute Gasteiger partial charge is 0.326 e. The molecule has 1 fully saturated rings. The minimum Gasteiger partial charge on any atom is -0.508 e. The number of aromatic hydroxyl groups is 1. The number of hydrogen-bond acceptors (Lipinski definition) is 15. The molecule has 30 heteroatoms. The molecule has 2 heterocycles. The molecule has 10 unspecified atom stereocenters. The highest BCUT2D eigenvalue weighted by atomic mass is 16.4. The number of carboxylic acid groups (broad SMARTS) is 2. The first kappa shape index (κ1) is 72.9. The third kappa shape index (κ3) is 26.1. The van der Waals surface area contributed by atoms with E-state index in [1.165, 1.54) is 36.5 Å². The molecular weight excluding hydrogens is 1140 g/mol. The minimum absolute atomic E-state index is 0.0319. The summed E-state index contributed by atoms with van der Waals surface area (Å²) in [5, 5.41) is 46.3. The fourth-order valence-electron chi connectivity index (χ4n) is 9.23. The number of phenols is 1. The number of aromatic amines is 1. The summed E-state index contributed by atoms with van der Waals surface area (Å²) < 4.78 is 0. The number of guanidine groups is 2. The summed E-state index contributed by atoms with van der Waals surface area (Å²) in [6.45, 7) is 9.93. The lowest BCUT2D eigenvalue weighted by atomic mass is 9.99. The molecule has 1 aliphatic heterocycles. The Hall–Kier alpha value is -9.35. The van der Waals surface area contributed by atoms with E-state index in [4.69, 9.17) is 38.6 Å². The Balaban J connectivity index is 0.00000490. The number of benzene rings is 2. The second-order valence-electron chi connectivity index (χ2n) is 21.9. The largest absolute Gasteiger partial charge is 0.508 e. The number of imidazole rings is 1. The second kappa shape index (κ2) is 37.3. The Bertz CT molecular complexity index is 2830. The molecule has 88 heavy (non-hydrogen) atoms. The molecule has 1 aromatic heterocycles. The number of phenolic OH excluding ortho intramolecular Hbond substituents is 1. The van der Waals surface area contributed by atoms with Crippen LogP contribution in [0.4, 0.5) is 0 Å². The molecule has 0 saturated carbocycles. The van der Waals surface area contributed by atoms with Gasteiger partial charge in [0, 0.05) is 57.7 Å². The fourth-order valence-corrected chi connectivity index (χ4v) is 9.23. The number of carbonyl (C=O) groups is 10. The van der Waals surface area contributed by atoms with Gasteiger partial charge in [0.25, 0.3) is 5.97 Å². The van der Waals surface area contributed by atoms with Crippen molar-refractivity contribution in [2.45, 2.75) is 167 Å². The highest BCUT2D eigenvalue weighted by Crippen LogP contribution is 2.21. The predicted octanol–water partition coefficient (Wildman–Crippen LogP) is -1.75. The molecule has 3 aromatic rings. The van der Waals surface area contributed by atoms with Crippen molar-refractivity contribution in [1.29, 1.82) is 0 Å². The lowest BCUT2D eigenvalue weighted by Gasteiger charge is -2.31. The van der Waals surface area contributed by atoms with Gasteiger partial charge in [0.1, 0.15) is 54.1 Å². The molecule has 4 rings (SSSR count). The van der Waals surface area contributed by atoms with E-state index in [-0.39, 0.29) is 107 Å². The molecule has 484 valence electrons. The number of nitrogens with zero attached hydrogens (tertiary/aromatic N) is 4. The van der Waals surface area contributed by atoms with Crippen LogP contribution in [0.3, 0.4) is 0 Å². The maximum Gasteiger partial charge on any atom is 0.326 e. The topological polar surface area (TPSA) is 502 Å². The Labute approximate surface area is 511 Å². The number of aliphatic imine (C=N–C) groups is 2. The molecule has 10 atom stereocenters. The minimum atomic E-state index is -1.40. The van der Waals surface area contributed by atoms with Gasteiger partial charge >= 0.3 is 5.97 Å². The lowest BCUT2D eigenvalue weighted by molar-refractivity contribution is -0.143. The molecule has 30 nitrogen and oxygen atoms in total. The van der Waals surface area contributed by atoms with Crippen LogP contribution in [0.15, 0.2) is 77.1 Å². The van der Waals surface area contributed by atoms with Crippen molar-refractivity contribution in [3.63, 3.8) is 0 Å². The van der Waals surface area contributed by atoms with Crippen LogP contribution in [-0.2, 0) is 67.2 Å². The molecule has 8 amide bonds. The molecule has 2 aromatic carbocycles. The number of aromatic nitrogens is 2. The highest BCUT2D eigenvalue weighted by molar-refractivity contribution is 5.98. The Kier molecular flexibility index (Phi) is 30.9. The van der Waals surface area contributed by atoms with E-state index >= 15 is 0 Å². The summed E-state index contributed by atoms with van der Waals surface area (Å²) in [5.41, 5.74) is 29.9. The van der Waals surface area contributed by atoms with E-state index in [1.807, 2.05) is 6.92 Å². The first-order valence-corrected chi connectivity index (χ1v) is 29.1. The predicted molar refractivity (Wildman–Crippen MR) is 326 cm³/mol. The van der Waals surface area contributed by atoms with Gasteiger partial charge in [-0.3, -0.25) is 53.1 Å². The Morgan fingerprint density at radius 3 is 1.64 bits per heavy atom. The van der Waals surface area contributed by atoms with Crippen molar-refractivity contribution in [3.05, 3.63) is 83.9 Å².